The molecule has 0 aliphatic heterocycles. The van der Waals surface area contributed by atoms with Crippen molar-refractivity contribution in [3.8, 4) is 0 Å². The van der Waals surface area contributed by atoms with E-state index in [4.69, 9.17) is 5.73 Å². The van der Waals surface area contributed by atoms with E-state index in [2.05, 4.69) is 73.1 Å². The number of hydrogen-bond acceptors (Lipinski definition) is 1. The van der Waals surface area contributed by atoms with E-state index in [1.54, 1.807) is 0 Å². The fourth-order valence-corrected chi connectivity index (χ4v) is 3.05. The number of aryl methyl sites for hydroxylation is 3. The smallest absolute Gasteiger partial charge is 0.0175 e. The molecule has 106 valence electrons. The first-order chi connectivity index (χ1) is 9.45. The summed E-state index contributed by atoms with van der Waals surface area (Å²) in [5.41, 5.74) is 13.1. The lowest BCUT2D eigenvalue weighted by Gasteiger charge is -2.16. The van der Waals surface area contributed by atoms with Crippen molar-refractivity contribution in [2.45, 2.75) is 39.7 Å². The molecular weight excluding hydrogens is 310 g/mol. The van der Waals surface area contributed by atoms with Crippen molar-refractivity contribution >= 4 is 15.9 Å². The maximum Gasteiger partial charge on any atom is 0.0175 e. The van der Waals surface area contributed by atoms with E-state index >= 15 is 0 Å². The lowest BCUT2D eigenvalue weighted by Crippen LogP contribution is -2.26. The van der Waals surface area contributed by atoms with Crippen LogP contribution in [0.25, 0.3) is 0 Å². The molecule has 0 aliphatic carbocycles. The zero-order chi connectivity index (χ0) is 14.7. The average molecular weight is 332 g/mol. The van der Waals surface area contributed by atoms with E-state index in [1.165, 1.54) is 27.8 Å². The Morgan fingerprint density at radius 1 is 0.950 bits per heavy atom. The van der Waals surface area contributed by atoms with Crippen LogP contribution in [0.2, 0.25) is 0 Å². The molecule has 0 saturated carbocycles. The van der Waals surface area contributed by atoms with Crippen LogP contribution >= 0.6 is 15.9 Å². The van der Waals surface area contributed by atoms with Gasteiger partial charge in [-0.25, -0.2) is 0 Å². The summed E-state index contributed by atoms with van der Waals surface area (Å²) in [5.74, 6) is 0. The van der Waals surface area contributed by atoms with Crippen molar-refractivity contribution in [3.05, 3.63) is 68.7 Å². The molecule has 2 heteroatoms. The summed E-state index contributed by atoms with van der Waals surface area (Å²) in [6.07, 6.45) is 1.86. The minimum absolute atomic E-state index is 0.163. The van der Waals surface area contributed by atoms with Gasteiger partial charge in [-0.2, -0.15) is 0 Å². The normalized spacial score (nSPS) is 12.4. The molecule has 2 rings (SSSR count). The van der Waals surface area contributed by atoms with Gasteiger partial charge in [0.1, 0.15) is 0 Å². The largest absolute Gasteiger partial charge is 0.327 e. The summed E-state index contributed by atoms with van der Waals surface area (Å²) in [5, 5.41) is 0. The second kappa shape index (κ2) is 6.55. The maximum absolute atomic E-state index is 6.34. The van der Waals surface area contributed by atoms with Gasteiger partial charge in [0.05, 0.1) is 0 Å². The third-order valence-electron chi connectivity index (χ3n) is 3.72. The highest BCUT2D eigenvalue weighted by atomic mass is 79.9. The molecule has 1 atom stereocenters. The molecule has 20 heavy (non-hydrogen) atoms. The van der Waals surface area contributed by atoms with Crippen molar-refractivity contribution in [2.75, 3.05) is 0 Å². The van der Waals surface area contributed by atoms with Gasteiger partial charge < -0.3 is 5.73 Å². The third-order valence-corrected chi connectivity index (χ3v) is 4.25. The van der Waals surface area contributed by atoms with E-state index < -0.39 is 0 Å². The Labute approximate surface area is 130 Å². The molecule has 0 spiro atoms. The number of halogens is 1. The number of rotatable bonds is 4. The Balaban J connectivity index is 2.08. The predicted octanol–water partition coefficient (Wildman–Crippen LogP) is 4.49. The van der Waals surface area contributed by atoms with Crippen molar-refractivity contribution in [1.29, 1.82) is 0 Å². The van der Waals surface area contributed by atoms with Gasteiger partial charge in [0.25, 0.3) is 0 Å². The number of nitrogens with two attached hydrogens (primary N) is 1. The van der Waals surface area contributed by atoms with Crippen LogP contribution in [0.4, 0.5) is 0 Å². The maximum atomic E-state index is 6.34. The minimum atomic E-state index is 0.163. The molecule has 2 aromatic carbocycles. The van der Waals surface area contributed by atoms with Crippen molar-refractivity contribution in [2.24, 2.45) is 5.73 Å². The van der Waals surface area contributed by atoms with Gasteiger partial charge in [-0.3, -0.25) is 0 Å². The summed E-state index contributed by atoms with van der Waals surface area (Å²) in [6, 6.07) is 13.1. The summed E-state index contributed by atoms with van der Waals surface area (Å²) in [7, 11) is 0. The molecule has 0 heterocycles. The van der Waals surface area contributed by atoms with Crippen molar-refractivity contribution < 1.29 is 0 Å². The fourth-order valence-electron chi connectivity index (χ4n) is 2.79. The Bertz CT molecular complexity index is 564. The molecule has 2 aromatic rings. The predicted molar refractivity (Wildman–Crippen MR) is 90.2 cm³/mol. The summed E-state index contributed by atoms with van der Waals surface area (Å²) < 4.78 is 1.11. The van der Waals surface area contributed by atoms with Crippen LogP contribution in [-0.2, 0) is 12.8 Å². The standard InChI is InChI=1S/C18H22BrN/c1-12-8-13(2)18(14(3)9-12)11-17(20)10-15-4-6-16(19)7-5-15/h4-9,17H,10-11,20H2,1-3H3. The second-order valence-corrected chi connectivity index (χ2v) is 6.59. The zero-order valence-electron chi connectivity index (χ0n) is 12.4. The minimum Gasteiger partial charge on any atom is -0.327 e. The zero-order valence-corrected chi connectivity index (χ0v) is 14.0. The van der Waals surface area contributed by atoms with E-state index in [0.29, 0.717) is 0 Å². The monoisotopic (exact) mass is 331 g/mol. The molecule has 2 N–H and O–H groups in total. The van der Waals surface area contributed by atoms with Crippen LogP contribution < -0.4 is 5.73 Å². The SMILES string of the molecule is Cc1cc(C)c(CC(N)Cc2ccc(Br)cc2)c(C)c1. The molecule has 0 bridgehead atoms. The molecular formula is C18H22BrN. The first-order valence-electron chi connectivity index (χ1n) is 7.02. The highest BCUT2D eigenvalue weighted by Crippen LogP contribution is 2.19. The van der Waals surface area contributed by atoms with Crippen LogP contribution in [0.3, 0.4) is 0 Å². The first kappa shape index (κ1) is 15.3. The van der Waals surface area contributed by atoms with E-state index in [-0.39, 0.29) is 6.04 Å². The highest BCUT2D eigenvalue weighted by molar-refractivity contribution is 9.10. The summed E-state index contributed by atoms with van der Waals surface area (Å²) in [6.45, 7) is 6.51. The van der Waals surface area contributed by atoms with Crippen LogP contribution in [0.5, 0.6) is 0 Å². The summed E-state index contributed by atoms with van der Waals surface area (Å²) >= 11 is 3.46. The second-order valence-electron chi connectivity index (χ2n) is 5.67. The average Bonchev–Trinajstić information content (AvgIpc) is 2.36. The number of hydrogen-bond donors (Lipinski definition) is 1. The Morgan fingerprint density at radius 2 is 1.50 bits per heavy atom. The van der Waals surface area contributed by atoms with Gasteiger partial charge in [-0.05, 0) is 68.0 Å². The molecule has 0 aliphatic rings. The summed E-state index contributed by atoms with van der Waals surface area (Å²) in [4.78, 5) is 0. The Hall–Kier alpha value is -1.12. The van der Waals surface area contributed by atoms with Gasteiger partial charge in [-0.15, -0.1) is 0 Å². The molecule has 0 saturated heterocycles. The molecule has 1 unspecified atom stereocenters. The van der Waals surface area contributed by atoms with Gasteiger partial charge in [0.2, 0.25) is 0 Å². The van der Waals surface area contributed by atoms with Crippen LogP contribution in [-0.4, -0.2) is 6.04 Å². The van der Waals surface area contributed by atoms with Gasteiger partial charge in [0.15, 0.2) is 0 Å². The van der Waals surface area contributed by atoms with Crippen LogP contribution in [0.15, 0.2) is 40.9 Å². The van der Waals surface area contributed by atoms with Gasteiger partial charge in [0, 0.05) is 10.5 Å². The molecule has 0 amide bonds. The lowest BCUT2D eigenvalue weighted by molar-refractivity contribution is 0.660. The van der Waals surface area contributed by atoms with E-state index in [9.17, 15) is 0 Å². The lowest BCUT2D eigenvalue weighted by atomic mass is 9.92. The molecule has 0 radical (unpaired) electrons. The quantitative estimate of drug-likeness (QED) is 0.877. The van der Waals surface area contributed by atoms with Crippen LogP contribution in [0.1, 0.15) is 27.8 Å². The Kier molecular flexibility index (Phi) is 5.00. The number of benzene rings is 2. The molecule has 0 fully saturated rings. The first-order valence-corrected chi connectivity index (χ1v) is 7.81. The Morgan fingerprint density at radius 3 is 2.05 bits per heavy atom. The van der Waals surface area contributed by atoms with Crippen LogP contribution in [0, 0.1) is 20.8 Å². The van der Waals surface area contributed by atoms with E-state index in [0.717, 1.165) is 17.3 Å². The van der Waals surface area contributed by atoms with Crippen molar-refractivity contribution in [3.63, 3.8) is 0 Å². The highest BCUT2D eigenvalue weighted by Gasteiger charge is 2.10. The molecule has 1 nitrogen and oxygen atoms in total. The van der Waals surface area contributed by atoms with Gasteiger partial charge in [-0.1, -0.05) is 45.8 Å². The third kappa shape index (κ3) is 3.94. The molecule has 0 aromatic heterocycles. The van der Waals surface area contributed by atoms with E-state index in [1.807, 2.05) is 0 Å². The van der Waals surface area contributed by atoms with Crippen molar-refractivity contribution in [1.82, 2.24) is 0 Å². The fraction of sp³-hybridized carbons (Fsp3) is 0.333. The van der Waals surface area contributed by atoms with Gasteiger partial charge >= 0.3 is 0 Å². The topological polar surface area (TPSA) is 26.0 Å².